The Kier molecular flexibility index (Phi) is 34.1. The van der Waals surface area contributed by atoms with Gasteiger partial charge < -0.3 is 25.8 Å². The van der Waals surface area contributed by atoms with Gasteiger partial charge in [0, 0.05) is 86.8 Å². The van der Waals surface area contributed by atoms with Gasteiger partial charge in [-0.15, -0.1) is 0 Å². The van der Waals surface area contributed by atoms with E-state index in [4.69, 9.17) is 127 Å². The number of nitrogens with two attached hydrogens (primary N) is 1. The third kappa shape index (κ3) is 23.0. The Morgan fingerprint density at radius 2 is 0.824 bits per heavy atom. The Hall–Kier alpha value is -7.55. The molecule has 0 spiro atoms. The lowest BCUT2D eigenvalue weighted by atomic mass is 10.0. The van der Waals surface area contributed by atoms with Crippen LogP contribution in [-0.4, -0.2) is 77.7 Å². The predicted octanol–water partition coefficient (Wildman–Crippen LogP) is 20.2. The van der Waals surface area contributed by atoms with Crippen LogP contribution < -0.4 is 5.73 Å². The molecule has 6 N–H and O–H groups in total. The molecular formula is C65H61Cl10N11O5. The molecule has 0 aliphatic carbocycles. The summed E-state index contributed by atoms with van der Waals surface area (Å²) in [5, 5.41) is 12.9. The van der Waals surface area contributed by atoms with Crippen molar-refractivity contribution < 1.29 is 24.3 Å². The number of hydrogen-bond acceptors (Lipinski definition) is 12. The van der Waals surface area contributed by atoms with Crippen LogP contribution in [0.25, 0.3) is 33.1 Å². The van der Waals surface area contributed by atoms with Crippen molar-refractivity contribution in [2.45, 2.75) is 56.5 Å². The van der Waals surface area contributed by atoms with E-state index < -0.39 is 11.2 Å². The summed E-state index contributed by atoms with van der Waals surface area (Å²) in [6, 6.07) is 40.7. The molecule has 0 bridgehead atoms. The van der Waals surface area contributed by atoms with Crippen LogP contribution in [0.5, 0.6) is 0 Å². The molecule has 0 saturated carbocycles. The Morgan fingerprint density at radius 3 is 1.24 bits per heavy atom. The molecule has 0 unspecified atom stereocenters. The number of carbonyl (C=O) groups excluding carboxylic acids is 3. The van der Waals surface area contributed by atoms with Gasteiger partial charge in [0.1, 0.15) is 53.0 Å². The van der Waals surface area contributed by atoms with Crippen molar-refractivity contribution in [1.82, 2.24) is 49.8 Å². The molecule has 476 valence electrons. The first-order valence-electron chi connectivity index (χ1n) is 24.8. The minimum absolute atomic E-state index is 0. The lowest BCUT2D eigenvalue weighted by Gasteiger charge is -2.06. The molecular weight excluding hydrogens is 1370 g/mol. The van der Waals surface area contributed by atoms with Crippen LogP contribution in [0.15, 0.2) is 177 Å². The summed E-state index contributed by atoms with van der Waals surface area (Å²) >= 11 is 56.6. The number of fused-ring (bicyclic) bond motifs is 3. The van der Waals surface area contributed by atoms with Crippen LogP contribution in [0, 0.1) is 0 Å². The minimum Gasteiger partial charge on any atom is -0.478 e. The van der Waals surface area contributed by atoms with Crippen LogP contribution >= 0.6 is 116 Å². The molecule has 91 heavy (non-hydrogen) atoms. The highest BCUT2D eigenvalue weighted by Gasteiger charge is 2.20. The number of halogens is 10. The standard InChI is InChI=1S/C21H15Cl2N3O.C13H7Cl2N3O.C7H8ClN.C7H6N2.C6H2Cl3NO.C6H3Cl2NO2.5CH4/c22-14-6-3-13(4-7-14)5-8-15-9-10-17(20(23)26-15)19(27)18-12-25-21-16(18)2-1-11-24-21;14-10-4-3-8(12(15)18-10)11(19)9-6-17-13-7(9)2-1-5-16-13;8-7-3-1-6(5-9)2-4-7;1-2-6-3-5-9-7(6)8-4-1;7-4-2-1-3(6(9)11)5(8)10-4;7-4-2-1-3(6(10)11)5(8)9-4;;;;;/h1-4,6-7,9-12H,5,8H2,(H,24,25);1-6H,(H,16,17);1-4H,5,9H2;1-5H,(H,8,9);1-2H;1-2H,(H,10,11);5*1H4. The van der Waals surface area contributed by atoms with Crippen LogP contribution in [0.3, 0.4) is 0 Å². The van der Waals surface area contributed by atoms with Crippen LogP contribution in [0.4, 0.5) is 0 Å². The number of carboxylic acids is 1. The van der Waals surface area contributed by atoms with Crippen molar-refractivity contribution in [3.05, 3.63) is 273 Å². The number of aryl methyl sites for hydroxylation is 2. The van der Waals surface area contributed by atoms with Gasteiger partial charge in [-0.2, -0.15) is 0 Å². The second-order valence-electron chi connectivity index (χ2n) is 17.4. The third-order valence-electron chi connectivity index (χ3n) is 11.7. The van der Waals surface area contributed by atoms with Crippen molar-refractivity contribution >= 4 is 172 Å². The van der Waals surface area contributed by atoms with Gasteiger partial charge in [-0.3, -0.25) is 14.4 Å². The van der Waals surface area contributed by atoms with E-state index in [-0.39, 0.29) is 95.9 Å². The average Bonchev–Trinajstić information content (AvgIpc) is 2.14. The maximum absolute atomic E-state index is 12.9. The summed E-state index contributed by atoms with van der Waals surface area (Å²) < 4.78 is 0. The number of aromatic carboxylic acids is 1. The van der Waals surface area contributed by atoms with Crippen molar-refractivity contribution in [1.29, 1.82) is 0 Å². The molecule has 0 atom stereocenters. The van der Waals surface area contributed by atoms with E-state index in [2.05, 4.69) is 49.8 Å². The quantitative estimate of drug-likeness (QED) is 0.0486. The van der Waals surface area contributed by atoms with Gasteiger partial charge >= 0.3 is 5.97 Å². The van der Waals surface area contributed by atoms with E-state index in [0.29, 0.717) is 40.1 Å². The second kappa shape index (κ2) is 39.0. The predicted molar refractivity (Wildman–Crippen MR) is 376 cm³/mol. The fraction of sp³-hybridized carbons (Fsp3) is 0.123. The average molecular weight is 1430 g/mol. The summed E-state index contributed by atoms with van der Waals surface area (Å²) in [6.45, 7) is 0.581. The number of nitrogens with zero attached hydrogens (tertiary/aromatic N) is 7. The first kappa shape index (κ1) is 79.5. The molecule has 0 radical (unpaired) electrons. The molecule has 0 aliphatic heterocycles. The van der Waals surface area contributed by atoms with E-state index in [1.54, 1.807) is 55.2 Å². The Bertz CT molecular complexity index is 4230. The molecule has 10 aromatic heterocycles. The van der Waals surface area contributed by atoms with Gasteiger partial charge in [-0.05, 0) is 151 Å². The van der Waals surface area contributed by atoms with Crippen molar-refractivity contribution in [2.24, 2.45) is 5.73 Å². The summed E-state index contributed by atoms with van der Waals surface area (Å²) in [7, 11) is 0. The largest absolute Gasteiger partial charge is 0.478 e. The molecule has 12 rings (SSSR count). The highest BCUT2D eigenvalue weighted by molar-refractivity contribution is 6.68. The third-order valence-corrected chi connectivity index (χ3v) is 14.2. The number of benzene rings is 2. The smallest absolute Gasteiger partial charge is 0.338 e. The van der Waals surface area contributed by atoms with Crippen molar-refractivity contribution in [3.63, 3.8) is 0 Å². The molecule has 26 heteroatoms. The van der Waals surface area contributed by atoms with Crippen molar-refractivity contribution in [2.75, 3.05) is 0 Å². The fourth-order valence-electron chi connectivity index (χ4n) is 7.50. The first-order valence-corrected chi connectivity index (χ1v) is 28.6. The van der Waals surface area contributed by atoms with E-state index in [9.17, 15) is 19.2 Å². The highest BCUT2D eigenvalue weighted by Crippen LogP contribution is 2.26. The lowest BCUT2D eigenvalue weighted by molar-refractivity contribution is 0.0696. The van der Waals surface area contributed by atoms with E-state index in [1.165, 1.54) is 35.9 Å². The summed E-state index contributed by atoms with van der Waals surface area (Å²) in [5.41, 5.74) is 12.6. The van der Waals surface area contributed by atoms with Gasteiger partial charge in [0.05, 0.1) is 22.3 Å². The van der Waals surface area contributed by atoms with Gasteiger partial charge in [0.25, 0.3) is 5.24 Å². The Labute approximate surface area is 576 Å². The van der Waals surface area contributed by atoms with Crippen LogP contribution in [0.2, 0.25) is 46.1 Å². The number of aromatic amines is 3. The SMILES string of the molecule is C.C.C.C.C.NCc1ccc(Cl)cc1.O=C(Cl)c1ccc(Cl)nc1Cl.O=C(O)c1ccc(Cl)nc1Cl.O=C(c1ccc(CCc2ccc(Cl)cc2)nc1Cl)c1c[nH]c2ncccc12.O=C(c1ccc(Cl)nc1Cl)c1c[nH]c2ncccc12.c1cnc2[nH]ccc2c1. The van der Waals surface area contributed by atoms with Crippen molar-refractivity contribution in [3.8, 4) is 0 Å². The number of carbonyl (C=O) groups is 4. The number of ketones is 2. The van der Waals surface area contributed by atoms with E-state index in [0.717, 1.165) is 56.0 Å². The number of carboxylic acid groups (broad SMARTS) is 1. The molecule has 0 fully saturated rings. The molecule has 16 nitrogen and oxygen atoms in total. The van der Waals surface area contributed by atoms with Crippen LogP contribution in [-0.2, 0) is 19.4 Å². The van der Waals surface area contributed by atoms with Gasteiger partial charge in [-0.1, -0.05) is 166 Å². The number of pyridine rings is 7. The van der Waals surface area contributed by atoms with E-state index in [1.807, 2.05) is 91.1 Å². The Balaban J connectivity index is 0.000000389. The number of nitrogens with one attached hydrogen (secondary N) is 3. The molecule has 2 aromatic carbocycles. The molecule has 0 saturated heterocycles. The number of H-pyrrole nitrogens is 3. The normalized spacial score (nSPS) is 9.84. The molecule has 0 aliphatic rings. The topological polar surface area (TPSA) is 252 Å². The lowest BCUT2D eigenvalue weighted by Crippen LogP contribution is -2.04. The first-order chi connectivity index (χ1) is 41.3. The van der Waals surface area contributed by atoms with Gasteiger partial charge in [0.15, 0.2) is 11.6 Å². The minimum atomic E-state index is -1.11. The molecule has 12 aromatic rings. The second-order valence-corrected chi connectivity index (χ2v) is 21.2. The molecule has 0 amide bonds. The van der Waals surface area contributed by atoms with Gasteiger partial charge in [-0.25, -0.2) is 39.7 Å². The number of hydrogen-bond donors (Lipinski definition) is 5. The summed E-state index contributed by atoms with van der Waals surface area (Å²) in [6.07, 6.45) is 11.8. The summed E-state index contributed by atoms with van der Waals surface area (Å²) in [5.74, 6) is -1.50. The zero-order valence-electron chi connectivity index (χ0n) is 43.9. The maximum atomic E-state index is 12.9. The van der Waals surface area contributed by atoms with E-state index >= 15 is 0 Å². The number of rotatable bonds is 10. The number of aromatic nitrogens is 10. The zero-order chi connectivity index (χ0) is 61.9. The summed E-state index contributed by atoms with van der Waals surface area (Å²) in [4.78, 5) is 83.1. The highest BCUT2D eigenvalue weighted by atomic mass is 35.5. The Morgan fingerprint density at radius 1 is 0.418 bits per heavy atom. The molecule has 10 heterocycles. The maximum Gasteiger partial charge on any atom is 0.338 e. The van der Waals surface area contributed by atoms with Crippen LogP contribution in [0.1, 0.15) is 107 Å². The van der Waals surface area contributed by atoms with Gasteiger partial charge in [0.2, 0.25) is 0 Å². The fourth-order valence-corrected chi connectivity index (χ4v) is 9.49. The zero-order valence-corrected chi connectivity index (χ0v) is 51.5. The monoisotopic (exact) mass is 1430 g/mol.